The van der Waals surface area contributed by atoms with Gasteiger partial charge in [-0.15, -0.1) is 0 Å². The summed E-state index contributed by atoms with van der Waals surface area (Å²) < 4.78 is 5.28. The van der Waals surface area contributed by atoms with Crippen molar-refractivity contribution in [3.63, 3.8) is 0 Å². The normalized spacial score (nSPS) is 12.3. The molecule has 2 aromatic carbocycles. The van der Waals surface area contributed by atoms with Gasteiger partial charge in [0.05, 0.1) is 12.5 Å². The van der Waals surface area contributed by atoms with E-state index in [0.717, 1.165) is 16.9 Å². The van der Waals surface area contributed by atoms with Gasteiger partial charge < -0.3 is 10.1 Å². The maximum absolute atomic E-state index is 13.2. The summed E-state index contributed by atoms with van der Waals surface area (Å²) in [5, 5.41) is 2.95. The molecule has 1 atom stereocenters. The fourth-order valence-electron chi connectivity index (χ4n) is 3.31. The van der Waals surface area contributed by atoms with E-state index in [1.54, 1.807) is 19.4 Å². The summed E-state index contributed by atoms with van der Waals surface area (Å²) in [4.78, 5) is 17.4. The zero-order valence-electron chi connectivity index (χ0n) is 15.8. The Morgan fingerprint density at radius 1 is 0.926 bits per heavy atom. The van der Waals surface area contributed by atoms with Crippen molar-refractivity contribution in [1.82, 2.24) is 4.98 Å². The highest BCUT2D eigenvalue weighted by atomic mass is 16.5. The van der Waals surface area contributed by atoms with E-state index in [2.05, 4.69) is 22.4 Å². The van der Waals surface area contributed by atoms with Crippen molar-refractivity contribution in [3.8, 4) is 5.75 Å². The van der Waals surface area contributed by atoms with Crippen molar-refractivity contribution >= 4 is 11.7 Å². The first-order valence-electron chi connectivity index (χ1n) is 8.94. The molecule has 3 rings (SSSR count). The van der Waals surface area contributed by atoms with E-state index < -0.39 is 5.41 Å². The second-order valence-corrected chi connectivity index (χ2v) is 7.01. The van der Waals surface area contributed by atoms with E-state index in [1.165, 1.54) is 0 Å². The van der Waals surface area contributed by atoms with Crippen LogP contribution in [0.1, 0.15) is 30.9 Å². The number of hydrogen-bond acceptors (Lipinski definition) is 3. The predicted molar refractivity (Wildman–Crippen MR) is 108 cm³/mol. The number of aromatic nitrogens is 1. The molecule has 0 saturated heterocycles. The third kappa shape index (κ3) is 4.17. The summed E-state index contributed by atoms with van der Waals surface area (Å²) in [5.74, 6) is 1.15. The first-order valence-corrected chi connectivity index (χ1v) is 8.94. The van der Waals surface area contributed by atoms with E-state index in [0.29, 0.717) is 5.82 Å². The van der Waals surface area contributed by atoms with Gasteiger partial charge in [-0.2, -0.15) is 0 Å². The Labute approximate surface area is 160 Å². The molecule has 0 unspecified atom stereocenters. The zero-order chi connectivity index (χ0) is 19.3. The SMILES string of the molecule is COc1ccc([C@H](c2ccccc2)C(C)(C)C(=O)Nc2ccccn2)cc1. The first kappa shape index (κ1) is 18.6. The number of rotatable bonds is 6. The van der Waals surface area contributed by atoms with Gasteiger partial charge in [0.15, 0.2) is 0 Å². The van der Waals surface area contributed by atoms with E-state index in [1.807, 2.05) is 68.4 Å². The number of nitrogens with one attached hydrogen (secondary N) is 1. The van der Waals surface area contributed by atoms with Gasteiger partial charge >= 0.3 is 0 Å². The molecule has 0 aliphatic carbocycles. The molecule has 27 heavy (non-hydrogen) atoms. The second kappa shape index (κ2) is 8.04. The van der Waals surface area contributed by atoms with E-state index in [9.17, 15) is 4.79 Å². The van der Waals surface area contributed by atoms with Crippen LogP contribution in [0.25, 0.3) is 0 Å². The van der Waals surface area contributed by atoms with Crippen LogP contribution in [0.2, 0.25) is 0 Å². The van der Waals surface area contributed by atoms with Crippen molar-refractivity contribution < 1.29 is 9.53 Å². The molecule has 0 spiro atoms. The highest BCUT2D eigenvalue weighted by Crippen LogP contribution is 2.42. The molecule has 4 heteroatoms. The number of ether oxygens (including phenoxy) is 1. The minimum Gasteiger partial charge on any atom is -0.497 e. The Bertz CT molecular complexity index is 875. The van der Waals surface area contributed by atoms with Crippen molar-refractivity contribution in [2.45, 2.75) is 19.8 Å². The number of pyridine rings is 1. The van der Waals surface area contributed by atoms with Gasteiger partial charge in [-0.1, -0.05) is 62.4 Å². The van der Waals surface area contributed by atoms with Crippen LogP contribution in [0.4, 0.5) is 5.82 Å². The minimum absolute atomic E-state index is 0.0779. The van der Waals surface area contributed by atoms with Gasteiger partial charge in [-0.05, 0) is 35.4 Å². The third-order valence-electron chi connectivity index (χ3n) is 4.80. The molecular weight excluding hydrogens is 336 g/mol. The van der Waals surface area contributed by atoms with Crippen LogP contribution in [0.15, 0.2) is 79.0 Å². The molecule has 0 aliphatic heterocycles. The molecule has 1 heterocycles. The number of benzene rings is 2. The maximum atomic E-state index is 13.2. The van der Waals surface area contributed by atoms with Crippen molar-refractivity contribution in [1.29, 1.82) is 0 Å². The average molecular weight is 360 g/mol. The highest BCUT2D eigenvalue weighted by Gasteiger charge is 2.39. The monoisotopic (exact) mass is 360 g/mol. The molecule has 4 nitrogen and oxygen atoms in total. The van der Waals surface area contributed by atoms with E-state index in [4.69, 9.17) is 4.74 Å². The summed E-state index contributed by atoms with van der Waals surface area (Å²) in [6.45, 7) is 3.93. The minimum atomic E-state index is -0.701. The number of amides is 1. The largest absolute Gasteiger partial charge is 0.497 e. The summed E-state index contributed by atoms with van der Waals surface area (Å²) in [6.07, 6.45) is 1.67. The van der Waals surface area contributed by atoms with Gasteiger partial charge in [0.25, 0.3) is 0 Å². The molecular formula is C23H24N2O2. The summed E-state index contributed by atoms with van der Waals surface area (Å²) in [6, 6.07) is 23.5. The maximum Gasteiger partial charge on any atom is 0.232 e. The first-order chi connectivity index (χ1) is 13.0. The predicted octanol–water partition coefficient (Wildman–Crippen LogP) is 4.89. The van der Waals surface area contributed by atoms with Gasteiger partial charge in [0.2, 0.25) is 5.91 Å². The van der Waals surface area contributed by atoms with Gasteiger partial charge in [0.1, 0.15) is 11.6 Å². The number of nitrogens with zero attached hydrogens (tertiary/aromatic N) is 1. The molecule has 0 saturated carbocycles. The number of carbonyl (C=O) groups excluding carboxylic acids is 1. The van der Waals surface area contributed by atoms with Crippen molar-refractivity contribution in [2.24, 2.45) is 5.41 Å². The van der Waals surface area contributed by atoms with Crippen molar-refractivity contribution in [3.05, 3.63) is 90.1 Å². The quantitative estimate of drug-likeness (QED) is 0.681. The summed E-state index contributed by atoms with van der Waals surface area (Å²) >= 11 is 0. The summed E-state index contributed by atoms with van der Waals surface area (Å²) in [5.41, 5.74) is 1.44. The van der Waals surface area contributed by atoms with Gasteiger partial charge in [-0.3, -0.25) is 4.79 Å². The lowest BCUT2D eigenvalue weighted by Crippen LogP contribution is -2.37. The van der Waals surface area contributed by atoms with Crippen LogP contribution in [0, 0.1) is 5.41 Å². The molecule has 0 fully saturated rings. The standard InChI is InChI=1S/C23H24N2O2/c1-23(2,22(26)25-20-11-7-8-16-24-20)21(17-9-5-4-6-10-17)18-12-14-19(27-3)15-13-18/h4-16,21H,1-3H3,(H,24,25,26)/t21-/m0/s1. The van der Waals surface area contributed by atoms with Gasteiger partial charge in [-0.25, -0.2) is 4.98 Å². The Kier molecular flexibility index (Phi) is 5.55. The Morgan fingerprint density at radius 3 is 2.15 bits per heavy atom. The Balaban J connectivity index is 1.98. The lowest BCUT2D eigenvalue weighted by Gasteiger charge is -2.34. The van der Waals surface area contributed by atoms with Crippen LogP contribution >= 0.6 is 0 Å². The van der Waals surface area contributed by atoms with Crippen LogP contribution in [0.5, 0.6) is 5.75 Å². The molecule has 0 aliphatic rings. The lowest BCUT2D eigenvalue weighted by molar-refractivity contribution is -0.124. The summed E-state index contributed by atoms with van der Waals surface area (Å²) in [7, 11) is 1.65. The zero-order valence-corrected chi connectivity index (χ0v) is 15.8. The van der Waals surface area contributed by atoms with Crippen LogP contribution in [0.3, 0.4) is 0 Å². The molecule has 138 valence electrons. The Hall–Kier alpha value is -3.14. The average Bonchev–Trinajstić information content (AvgIpc) is 2.70. The highest BCUT2D eigenvalue weighted by molar-refractivity contribution is 5.95. The van der Waals surface area contributed by atoms with Crippen LogP contribution in [-0.2, 0) is 4.79 Å². The smallest absolute Gasteiger partial charge is 0.232 e. The van der Waals surface area contributed by atoms with E-state index in [-0.39, 0.29) is 11.8 Å². The molecule has 0 bridgehead atoms. The van der Waals surface area contributed by atoms with E-state index >= 15 is 0 Å². The molecule has 1 aromatic heterocycles. The third-order valence-corrected chi connectivity index (χ3v) is 4.80. The fraction of sp³-hybridized carbons (Fsp3) is 0.217. The number of carbonyl (C=O) groups is 1. The fourth-order valence-corrected chi connectivity index (χ4v) is 3.31. The number of hydrogen-bond donors (Lipinski definition) is 1. The molecule has 0 radical (unpaired) electrons. The Morgan fingerprint density at radius 2 is 1.56 bits per heavy atom. The second-order valence-electron chi connectivity index (χ2n) is 7.01. The molecule has 1 amide bonds. The lowest BCUT2D eigenvalue weighted by atomic mass is 9.70. The molecule has 3 aromatic rings. The van der Waals surface area contributed by atoms with Crippen LogP contribution in [-0.4, -0.2) is 18.0 Å². The number of anilines is 1. The molecule has 1 N–H and O–H groups in total. The number of methoxy groups -OCH3 is 1. The van der Waals surface area contributed by atoms with Crippen molar-refractivity contribution in [2.75, 3.05) is 12.4 Å². The van der Waals surface area contributed by atoms with Crippen LogP contribution < -0.4 is 10.1 Å². The van der Waals surface area contributed by atoms with Gasteiger partial charge in [0, 0.05) is 12.1 Å². The topological polar surface area (TPSA) is 51.2 Å².